The first-order valence-electron chi connectivity index (χ1n) is 9.44. The van der Waals surface area contributed by atoms with Gasteiger partial charge >= 0.3 is 0 Å². The molecule has 0 atom stereocenters. The molecule has 0 radical (unpaired) electrons. The fourth-order valence-electron chi connectivity index (χ4n) is 2.97. The SMILES string of the molecule is O=S(=O)(NCc1ccccc1)c1ccccc1-c1n[nH]c(=S)n1/N=C/c1ccccc1. The summed E-state index contributed by atoms with van der Waals surface area (Å²) in [6.07, 6.45) is 1.64. The first-order valence-corrected chi connectivity index (χ1v) is 11.3. The van der Waals surface area contributed by atoms with Crippen LogP contribution in [0.3, 0.4) is 0 Å². The van der Waals surface area contributed by atoms with E-state index in [-0.39, 0.29) is 16.2 Å². The molecule has 0 unspecified atom stereocenters. The van der Waals surface area contributed by atoms with E-state index in [2.05, 4.69) is 20.0 Å². The first-order chi connectivity index (χ1) is 15.0. The lowest BCUT2D eigenvalue weighted by atomic mass is 10.2. The molecule has 0 aliphatic rings. The summed E-state index contributed by atoms with van der Waals surface area (Å²) in [4.78, 5) is 0.0936. The first kappa shape index (κ1) is 20.9. The number of nitrogens with one attached hydrogen (secondary N) is 2. The molecular formula is C22H19N5O2S2. The molecule has 0 aliphatic carbocycles. The van der Waals surface area contributed by atoms with E-state index in [4.69, 9.17) is 12.2 Å². The van der Waals surface area contributed by atoms with Crippen LogP contribution in [-0.2, 0) is 16.6 Å². The number of rotatable bonds is 7. The Kier molecular flexibility index (Phi) is 6.17. The van der Waals surface area contributed by atoms with Gasteiger partial charge in [-0.1, -0.05) is 72.8 Å². The summed E-state index contributed by atoms with van der Waals surface area (Å²) >= 11 is 5.31. The summed E-state index contributed by atoms with van der Waals surface area (Å²) in [7, 11) is -3.81. The van der Waals surface area contributed by atoms with Crippen LogP contribution in [0.1, 0.15) is 11.1 Å². The minimum absolute atomic E-state index is 0.0936. The molecule has 2 N–H and O–H groups in total. The predicted molar refractivity (Wildman–Crippen MR) is 123 cm³/mol. The van der Waals surface area contributed by atoms with Crippen molar-refractivity contribution in [3.8, 4) is 11.4 Å². The summed E-state index contributed by atoms with van der Waals surface area (Å²) in [6.45, 7) is 0.177. The van der Waals surface area contributed by atoms with Gasteiger partial charge in [-0.3, -0.25) is 0 Å². The van der Waals surface area contributed by atoms with Crippen molar-refractivity contribution in [2.75, 3.05) is 0 Å². The number of hydrogen-bond donors (Lipinski definition) is 2. The molecule has 0 saturated heterocycles. The molecule has 4 aromatic rings. The van der Waals surface area contributed by atoms with Gasteiger partial charge in [-0.05, 0) is 35.5 Å². The molecule has 9 heteroatoms. The number of aromatic nitrogens is 3. The smallest absolute Gasteiger partial charge is 0.241 e. The minimum Gasteiger partial charge on any atom is -0.250 e. The van der Waals surface area contributed by atoms with E-state index in [1.165, 1.54) is 10.7 Å². The molecule has 0 amide bonds. The van der Waals surface area contributed by atoms with Crippen LogP contribution >= 0.6 is 12.2 Å². The van der Waals surface area contributed by atoms with Crippen molar-refractivity contribution in [2.45, 2.75) is 11.4 Å². The van der Waals surface area contributed by atoms with Gasteiger partial charge < -0.3 is 0 Å². The van der Waals surface area contributed by atoms with Gasteiger partial charge in [0.2, 0.25) is 14.8 Å². The maximum atomic E-state index is 13.1. The molecule has 4 rings (SSSR count). The average Bonchev–Trinajstić information content (AvgIpc) is 3.18. The lowest BCUT2D eigenvalue weighted by Gasteiger charge is -2.11. The molecule has 3 aromatic carbocycles. The fraction of sp³-hybridized carbons (Fsp3) is 0.0455. The van der Waals surface area contributed by atoms with Crippen molar-refractivity contribution in [3.05, 3.63) is 101 Å². The van der Waals surface area contributed by atoms with Gasteiger partial charge in [0, 0.05) is 12.1 Å². The van der Waals surface area contributed by atoms with E-state index in [0.29, 0.717) is 11.4 Å². The van der Waals surface area contributed by atoms with Gasteiger partial charge in [0.05, 0.1) is 11.1 Å². The number of aromatic amines is 1. The van der Waals surface area contributed by atoms with E-state index >= 15 is 0 Å². The fourth-order valence-corrected chi connectivity index (χ4v) is 4.37. The van der Waals surface area contributed by atoms with Gasteiger partial charge in [0.25, 0.3) is 0 Å². The van der Waals surface area contributed by atoms with E-state index in [0.717, 1.165) is 11.1 Å². The Balaban J connectivity index is 1.69. The van der Waals surface area contributed by atoms with Crippen molar-refractivity contribution >= 4 is 28.5 Å². The van der Waals surface area contributed by atoms with Crippen LogP contribution in [0.2, 0.25) is 0 Å². The molecule has 0 aliphatic heterocycles. The normalized spacial score (nSPS) is 11.7. The largest absolute Gasteiger partial charge is 0.250 e. The van der Waals surface area contributed by atoms with Crippen molar-refractivity contribution in [3.63, 3.8) is 0 Å². The van der Waals surface area contributed by atoms with Crippen LogP contribution in [0.25, 0.3) is 11.4 Å². The van der Waals surface area contributed by atoms with Crippen molar-refractivity contribution in [1.82, 2.24) is 19.6 Å². The van der Waals surface area contributed by atoms with Crippen LogP contribution in [0.4, 0.5) is 0 Å². The van der Waals surface area contributed by atoms with E-state index < -0.39 is 10.0 Å². The molecular weight excluding hydrogens is 430 g/mol. The highest BCUT2D eigenvalue weighted by atomic mass is 32.2. The Morgan fingerprint density at radius 2 is 1.61 bits per heavy atom. The molecule has 0 bridgehead atoms. The van der Waals surface area contributed by atoms with E-state index in [9.17, 15) is 8.42 Å². The van der Waals surface area contributed by atoms with Gasteiger partial charge in [-0.25, -0.2) is 18.2 Å². The Labute approximate surface area is 185 Å². The van der Waals surface area contributed by atoms with Crippen LogP contribution in [0.15, 0.2) is 94.9 Å². The number of benzene rings is 3. The lowest BCUT2D eigenvalue weighted by molar-refractivity contribution is 0.581. The molecule has 1 aromatic heterocycles. The topological polar surface area (TPSA) is 92.1 Å². The molecule has 156 valence electrons. The Morgan fingerprint density at radius 3 is 2.35 bits per heavy atom. The predicted octanol–water partition coefficient (Wildman–Crippen LogP) is 3.97. The second kappa shape index (κ2) is 9.17. The average molecular weight is 450 g/mol. The molecule has 7 nitrogen and oxygen atoms in total. The minimum atomic E-state index is -3.81. The Hall–Kier alpha value is -3.40. The van der Waals surface area contributed by atoms with Crippen LogP contribution in [-0.4, -0.2) is 29.5 Å². The monoisotopic (exact) mass is 449 g/mol. The zero-order valence-corrected chi connectivity index (χ0v) is 18.0. The van der Waals surface area contributed by atoms with Gasteiger partial charge in [0.1, 0.15) is 0 Å². The highest BCUT2D eigenvalue weighted by Gasteiger charge is 2.22. The van der Waals surface area contributed by atoms with E-state index in [1.807, 2.05) is 60.7 Å². The van der Waals surface area contributed by atoms with Crippen LogP contribution in [0.5, 0.6) is 0 Å². The quantitative estimate of drug-likeness (QED) is 0.330. The summed E-state index contributed by atoms with van der Waals surface area (Å²) in [6, 6.07) is 25.5. The maximum absolute atomic E-state index is 13.1. The summed E-state index contributed by atoms with van der Waals surface area (Å²) in [5, 5.41) is 11.3. The van der Waals surface area contributed by atoms with Gasteiger partial charge in [-0.15, -0.1) is 0 Å². The maximum Gasteiger partial charge on any atom is 0.241 e. The molecule has 1 heterocycles. The third-order valence-electron chi connectivity index (χ3n) is 4.50. The number of hydrogen-bond acceptors (Lipinski definition) is 5. The van der Waals surface area contributed by atoms with Crippen LogP contribution in [0, 0.1) is 4.77 Å². The summed E-state index contributed by atoms with van der Waals surface area (Å²) in [5.74, 6) is 0.304. The van der Waals surface area contributed by atoms with Crippen molar-refractivity contribution in [2.24, 2.45) is 5.10 Å². The number of sulfonamides is 1. The molecule has 0 saturated carbocycles. The van der Waals surface area contributed by atoms with Crippen LogP contribution < -0.4 is 4.72 Å². The highest BCUT2D eigenvalue weighted by Crippen LogP contribution is 2.26. The number of H-pyrrole nitrogens is 1. The zero-order chi connectivity index (χ0) is 21.7. The highest BCUT2D eigenvalue weighted by molar-refractivity contribution is 7.89. The van der Waals surface area contributed by atoms with Gasteiger partial charge in [-0.2, -0.15) is 14.9 Å². The Bertz CT molecular complexity index is 1360. The second-order valence-electron chi connectivity index (χ2n) is 6.63. The third kappa shape index (κ3) is 4.85. The third-order valence-corrected chi connectivity index (χ3v) is 6.22. The second-order valence-corrected chi connectivity index (χ2v) is 8.75. The number of nitrogens with zero attached hydrogens (tertiary/aromatic N) is 3. The Morgan fingerprint density at radius 1 is 0.968 bits per heavy atom. The van der Waals surface area contributed by atoms with Gasteiger partial charge in [0.15, 0.2) is 5.82 Å². The molecule has 31 heavy (non-hydrogen) atoms. The van der Waals surface area contributed by atoms with Crippen molar-refractivity contribution in [1.29, 1.82) is 0 Å². The standard InChI is InChI=1S/C22H19N5O2S2/c28-31(29,24-16-18-11-5-2-6-12-18)20-14-8-7-13-19(20)21-25-26-22(30)27(21)23-15-17-9-3-1-4-10-17/h1-15,24H,16H2,(H,26,30)/b23-15+. The summed E-state index contributed by atoms with van der Waals surface area (Å²) in [5.41, 5.74) is 2.13. The molecule has 0 spiro atoms. The molecule has 0 fully saturated rings. The lowest BCUT2D eigenvalue weighted by Crippen LogP contribution is -2.24. The van der Waals surface area contributed by atoms with Crippen molar-refractivity contribution < 1.29 is 8.42 Å². The summed E-state index contributed by atoms with van der Waals surface area (Å²) < 4.78 is 30.5. The van der Waals surface area contributed by atoms with E-state index in [1.54, 1.807) is 24.4 Å². The zero-order valence-electron chi connectivity index (χ0n) is 16.3.